The van der Waals surface area contributed by atoms with Gasteiger partial charge in [-0.05, 0) is 6.42 Å². The standard InChI is InChI=1S/C17H21FN8O2/c1-27-11-6-25(7-11)15-14(10-4-20-21-5-10)19-9-26-16(15)23-17(24-26)22-13-2-3-28-8-12(13)18/h4-5,9,11-13H,2-3,6-8H2,1H3,(H,20,21)(H,22,24)/t12-,13+/m1/s1. The van der Waals surface area contributed by atoms with Crippen LogP contribution in [0.25, 0.3) is 16.9 Å². The Morgan fingerprint density at radius 3 is 3.04 bits per heavy atom. The molecule has 10 nitrogen and oxygen atoms in total. The highest BCUT2D eigenvalue weighted by atomic mass is 19.1. The van der Waals surface area contributed by atoms with Gasteiger partial charge in [0.15, 0.2) is 5.65 Å². The van der Waals surface area contributed by atoms with Gasteiger partial charge in [-0.15, -0.1) is 5.10 Å². The van der Waals surface area contributed by atoms with Crippen LogP contribution in [0.15, 0.2) is 18.7 Å². The van der Waals surface area contributed by atoms with Gasteiger partial charge in [-0.1, -0.05) is 0 Å². The van der Waals surface area contributed by atoms with Crippen molar-refractivity contribution in [3.05, 3.63) is 18.7 Å². The molecule has 0 aliphatic carbocycles. The van der Waals surface area contributed by atoms with Gasteiger partial charge in [0.2, 0.25) is 5.95 Å². The number of alkyl halides is 1. The minimum atomic E-state index is -1.09. The van der Waals surface area contributed by atoms with E-state index in [1.165, 1.54) is 0 Å². The normalized spacial score (nSPS) is 23.1. The molecule has 0 aromatic carbocycles. The molecule has 2 saturated heterocycles. The molecule has 148 valence electrons. The van der Waals surface area contributed by atoms with Gasteiger partial charge < -0.3 is 19.7 Å². The van der Waals surface area contributed by atoms with Crippen LogP contribution in [0.3, 0.4) is 0 Å². The van der Waals surface area contributed by atoms with E-state index >= 15 is 0 Å². The summed E-state index contributed by atoms with van der Waals surface area (Å²) in [4.78, 5) is 11.4. The van der Waals surface area contributed by atoms with Crippen molar-refractivity contribution in [2.24, 2.45) is 0 Å². The third-order valence-corrected chi connectivity index (χ3v) is 5.23. The number of hydrogen-bond acceptors (Lipinski definition) is 8. The Morgan fingerprint density at radius 2 is 2.29 bits per heavy atom. The van der Waals surface area contributed by atoms with Crippen LogP contribution in [0.5, 0.6) is 0 Å². The summed E-state index contributed by atoms with van der Waals surface area (Å²) in [5.41, 5.74) is 3.15. The van der Waals surface area contributed by atoms with Crippen LogP contribution in [0, 0.1) is 0 Å². The van der Waals surface area contributed by atoms with Crippen molar-refractivity contribution in [3.8, 4) is 11.3 Å². The Kier molecular flexibility index (Phi) is 4.32. The highest BCUT2D eigenvalue weighted by Crippen LogP contribution is 2.35. The van der Waals surface area contributed by atoms with E-state index in [4.69, 9.17) is 9.47 Å². The zero-order valence-corrected chi connectivity index (χ0v) is 15.4. The first-order valence-corrected chi connectivity index (χ1v) is 9.23. The number of nitrogens with zero attached hydrogens (tertiary/aromatic N) is 6. The molecule has 0 unspecified atom stereocenters. The van der Waals surface area contributed by atoms with Crippen molar-refractivity contribution in [1.29, 1.82) is 0 Å². The molecule has 2 fully saturated rings. The Balaban J connectivity index is 1.52. The summed E-state index contributed by atoms with van der Waals surface area (Å²) in [6.07, 6.45) is 4.79. The first-order valence-electron chi connectivity index (χ1n) is 9.23. The molecule has 3 aromatic heterocycles. The second-order valence-electron chi connectivity index (χ2n) is 7.03. The summed E-state index contributed by atoms with van der Waals surface area (Å²) in [5, 5.41) is 14.4. The zero-order valence-electron chi connectivity index (χ0n) is 15.4. The second-order valence-corrected chi connectivity index (χ2v) is 7.03. The lowest BCUT2D eigenvalue weighted by atomic mass is 10.1. The molecular formula is C17H21FN8O2. The summed E-state index contributed by atoms with van der Waals surface area (Å²) < 4.78 is 26.3. The van der Waals surface area contributed by atoms with E-state index in [-0.39, 0.29) is 18.8 Å². The summed E-state index contributed by atoms with van der Waals surface area (Å²) in [6.45, 7) is 2.10. The van der Waals surface area contributed by atoms with Gasteiger partial charge in [-0.25, -0.2) is 9.37 Å². The third-order valence-electron chi connectivity index (χ3n) is 5.23. The van der Waals surface area contributed by atoms with E-state index in [0.717, 1.165) is 30.0 Å². The van der Waals surface area contributed by atoms with Crippen molar-refractivity contribution >= 4 is 17.3 Å². The molecule has 0 saturated carbocycles. The fourth-order valence-electron chi connectivity index (χ4n) is 3.59. The topological polar surface area (TPSA) is 105 Å². The van der Waals surface area contributed by atoms with E-state index in [2.05, 4.69) is 35.5 Å². The molecule has 5 rings (SSSR count). The average molecular weight is 388 g/mol. The van der Waals surface area contributed by atoms with Gasteiger partial charge in [0.05, 0.1) is 24.9 Å². The number of anilines is 2. The number of aromatic nitrogens is 6. The van der Waals surface area contributed by atoms with Crippen LogP contribution < -0.4 is 10.2 Å². The first kappa shape index (κ1) is 17.3. The van der Waals surface area contributed by atoms with Gasteiger partial charge in [0.25, 0.3) is 0 Å². The molecule has 2 aliphatic heterocycles. The minimum Gasteiger partial charge on any atom is -0.378 e. The molecule has 2 aliphatic rings. The van der Waals surface area contributed by atoms with Gasteiger partial charge in [0, 0.05) is 38.6 Å². The van der Waals surface area contributed by atoms with Crippen molar-refractivity contribution in [2.75, 3.05) is 43.6 Å². The number of hydrogen-bond donors (Lipinski definition) is 2. The van der Waals surface area contributed by atoms with Gasteiger partial charge in [-0.2, -0.15) is 14.6 Å². The van der Waals surface area contributed by atoms with Crippen LogP contribution in [0.2, 0.25) is 0 Å². The van der Waals surface area contributed by atoms with Crippen LogP contribution >= 0.6 is 0 Å². The minimum absolute atomic E-state index is 0.0919. The van der Waals surface area contributed by atoms with Crippen molar-refractivity contribution in [1.82, 2.24) is 29.8 Å². The highest BCUT2D eigenvalue weighted by Gasteiger charge is 2.32. The van der Waals surface area contributed by atoms with Crippen molar-refractivity contribution in [2.45, 2.75) is 24.7 Å². The Hall–Kier alpha value is -2.79. The lowest BCUT2D eigenvalue weighted by Gasteiger charge is -2.40. The van der Waals surface area contributed by atoms with Crippen LogP contribution in [-0.2, 0) is 9.47 Å². The molecule has 0 radical (unpaired) electrons. The molecule has 0 bridgehead atoms. The molecule has 0 amide bonds. The largest absolute Gasteiger partial charge is 0.378 e. The SMILES string of the molecule is COC1CN(c2c(-c3cn[nH]c3)ncn3nc(N[C@H]4CCOC[C@H]4F)nc23)C1. The summed E-state index contributed by atoms with van der Waals surface area (Å²) in [7, 11) is 1.71. The smallest absolute Gasteiger partial charge is 0.243 e. The number of fused-ring (bicyclic) bond motifs is 1. The predicted octanol–water partition coefficient (Wildman–Crippen LogP) is 0.888. The zero-order chi connectivity index (χ0) is 19.1. The van der Waals surface area contributed by atoms with Crippen molar-refractivity contribution in [3.63, 3.8) is 0 Å². The van der Waals surface area contributed by atoms with Crippen molar-refractivity contribution < 1.29 is 13.9 Å². The number of rotatable bonds is 5. The van der Waals surface area contributed by atoms with E-state index in [1.54, 1.807) is 30.3 Å². The maximum Gasteiger partial charge on any atom is 0.243 e. The van der Waals surface area contributed by atoms with Gasteiger partial charge >= 0.3 is 0 Å². The monoisotopic (exact) mass is 388 g/mol. The lowest BCUT2D eigenvalue weighted by Crippen LogP contribution is -2.52. The molecular weight excluding hydrogens is 367 g/mol. The highest BCUT2D eigenvalue weighted by molar-refractivity contribution is 5.85. The third kappa shape index (κ3) is 2.96. The maximum absolute atomic E-state index is 14.1. The van der Waals surface area contributed by atoms with E-state index in [0.29, 0.717) is 24.6 Å². The predicted molar refractivity (Wildman–Crippen MR) is 99.1 cm³/mol. The second kappa shape index (κ2) is 6.99. The van der Waals surface area contributed by atoms with Crippen LogP contribution in [0.1, 0.15) is 6.42 Å². The number of methoxy groups -OCH3 is 1. The Morgan fingerprint density at radius 1 is 1.39 bits per heavy atom. The van der Waals surface area contributed by atoms with Gasteiger partial charge in [-0.3, -0.25) is 5.10 Å². The van der Waals surface area contributed by atoms with E-state index in [9.17, 15) is 4.39 Å². The van der Waals surface area contributed by atoms with E-state index < -0.39 is 6.17 Å². The molecule has 11 heteroatoms. The Bertz CT molecular complexity index is 956. The van der Waals surface area contributed by atoms with Crippen LogP contribution in [0.4, 0.5) is 16.0 Å². The molecule has 2 atom stereocenters. The number of nitrogens with one attached hydrogen (secondary N) is 2. The first-order chi connectivity index (χ1) is 13.7. The molecule has 28 heavy (non-hydrogen) atoms. The Labute approximate surface area is 160 Å². The number of aromatic amines is 1. The number of halogens is 1. The van der Waals surface area contributed by atoms with Gasteiger partial charge in [0.1, 0.15) is 23.9 Å². The summed E-state index contributed by atoms with van der Waals surface area (Å²) in [6, 6.07) is -0.363. The molecule has 0 spiro atoms. The van der Waals surface area contributed by atoms with E-state index in [1.807, 2.05) is 0 Å². The van der Waals surface area contributed by atoms with Crippen LogP contribution in [-0.4, -0.2) is 81.5 Å². The quantitative estimate of drug-likeness (QED) is 0.664. The number of H-pyrrole nitrogens is 1. The maximum atomic E-state index is 14.1. The summed E-state index contributed by atoms with van der Waals surface area (Å²) in [5.74, 6) is 0.380. The molecule has 2 N–H and O–H groups in total. The average Bonchev–Trinajstić information content (AvgIpc) is 3.32. The fourth-order valence-corrected chi connectivity index (χ4v) is 3.59. The lowest BCUT2D eigenvalue weighted by molar-refractivity contribution is 0.0284. The molecule has 3 aromatic rings. The fraction of sp³-hybridized carbons (Fsp3) is 0.529. The number of ether oxygens (including phenoxy) is 2. The molecule has 5 heterocycles. The summed E-state index contributed by atoms with van der Waals surface area (Å²) >= 11 is 0.